The maximum Gasteiger partial charge on any atom is 0.172 e. The average Bonchev–Trinajstić information content (AvgIpc) is 2.83. The van der Waals surface area contributed by atoms with E-state index in [-0.39, 0.29) is 6.04 Å². The highest BCUT2D eigenvalue weighted by Gasteiger charge is 2.09. The fourth-order valence-corrected chi connectivity index (χ4v) is 3.09. The summed E-state index contributed by atoms with van der Waals surface area (Å²) in [6, 6.07) is 10.3. The molecule has 1 atom stereocenters. The van der Waals surface area contributed by atoms with Crippen LogP contribution in [0.25, 0.3) is 11.0 Å². The van der Waals surface area contributed by atoms with Crippen molar-refractivity contribution < 1.29 is 0 Å². The van der Waals surface area contributed by atoms with Gasteiger partial charge in [0, 0.05) is 12.2 Å². The number of nitrogens with two attached hydrogens (primary N) is 1. The summed E-state index contributed by atoms with van der Waals surface area (Å²) in [5.74, 6) is 0. The van der Waals surface area contributed by atoms with Crippen LogP contribution in [0, 0.1) is 6.92 Å². The molecule has 0 saturated heterocycles. The highest BCUT2D eigenvalue weighted by Crippen LogP contribution is 2.28. The summed E-state index contributed by atoms with van der Waals surface area (Å²) in [6.07, 6.45) is 2.75. The summed E-state index contributed by atoms with van der Waals surface area (Å²) in [7, 11) is 0. The van der Waals surface area contributed by atoms with E-state index in [9.17, 15) is 0 Å². The molecule has 3 aromatic rings. The van der Waals surface area contributed by atoms with Crippen molar-refractivity contribution in [2.75, 3.05) is 0 Å². The Balaban J connectivity index is 1.84. The van der Waals surface area contributed by atoms with E-state index in [1.807, 2.05) is 37.4 Å². The molecule has 0 saturated carbocycles. The number of rotatable bonds is 4. The number of nitrogens with zero attached hydrogens (tertiary/aromatic N) is 2. The smallest absolute Gasteiger partial charge is 0.172 e. The molecule has 0 fully saturated rings. The second-order valence-corrected chi connectivity index (χ2v) is 6.29. The average molecular weight is 298 g/mol. The van der Waals surface area contributed by atoms with Crippen LogP contribution >= 0.6 is 11.8 Å². The Morgan fingerprint density at radius 3 is 2.86 bits per heavy atom. The molecule has 3 N–H and O–H groups in total. The minimum atomic E-state index is 0.153. The number of H-pyrrole nitrogens is 1. The number of aromatic nitrogens is 3. The molecule has 108 valence electrons. The number of aromatic amines is 1. The number of imidazole rings is 1. The lowest BCUT2D eigenvalue weighted by Crippen LogP contribution is -2.17. The van der Waals surface area contributed by atoms with Crippen LogP contribution in [0.1, 0.15) is 18.1 Å². The molecular weight excluding hydrogens is 280 g/mol. The Morgan fingerprint density at radius 2 is 2.14 bits per heavy atom. The molecule has 0 radical (unpaired) electrons. The summed E-state index contributed by atoms with van der Waals surface area (Å²) >= 11 is 1.56. The molecule has 2 aromatic heterocycles. The predicted octanol–water partition coefficient (Wildman–Crippen LogP) is 3.31. The molecule has 2 heterocycles. The van der Waals surface area contributed by atoms with E-state index in [4.69, 9.17) is 5.73 Å². The quantitative estimate of drug-likeness (QED) is 0.775. The van der Waals surface area contributed by atoms with E-state index in [0.717, 1.165) is 33.2 Å². The lowest BCUT2D eigenvalue weighted by molar-refractivity contribution is 0.733. The van der Waals surface area contributed by atoms with Gasteiger partial charge in [0.25, 0.3) is 0 Å². The number of benzene rings is 1. The first-order chi connectivity index (χ1) is 10.1. The number of hydrogen-bond acceptors (Lipinski definition) is 4. The zero-order valence-electron chi connectivity index (χ0n) is 12.1. The highest BCUT2D eigenvalue weighted by molar-refractivity contribution is 7.99. The number of para-hydroxylation sites is 2. The van der Waals surface area contributed by atoms with Gasteiger partial charge in [-0.1, -0.05) is 18.2 Å². The van der Waals surface area contributed by atoms with Crippen LogP contribution in [-0.2, 0) is 6.42 Å². The van der Waals surface area contributed by atoms with Crippen LogP contribution in [0.5, 0.6) is 0 Å². The molecule has 0 aliphatic rings. The minimum absolute atomic E-state index is 0.153. The van der Waals surface area contributed by atoms with E-state index in [0.29, 0.717) is 0 Å². The van der Waals surface area contributed by atoms with Crippen molar-refractivity contribution in [3.63, 3.8) is 0 Å². The fourth-order valence-electron chi connectivity index (χ4n) is 2.28. The maximum atomic E-state index is 5.83. The van der Waals surface area contributed by atoms with Crippen LogP contribution in [0.15, 0.2) is 46.7 Å². The van der Waals surface area contributed by atoms with Gasteiger partial charge in [-0.3, -0.25) is 0 Å². The monoisotopic (exact) mass is 298 g/mol. The SMILES string of the molecule is Cc1cc(CC(C)N)cnc1Sc1nc2ccccc2[nH]1. The zero-order chi connectivity index (χ0) is 14.8. The number of fused-ring (bicyclic) bond motifs is 1. The number of aryl methyl sites for hydroxylation is 1. The first-order valence-electron chi connectivity index (χ1n) is 6.95. The van der Waals surface area contributed by atoms with Gasteiger partial charge in [-0.2, -0.15) is 0 Å². The van der Waals surface area contributed by atoms with Crippen LogP contribution in [-0.4, -0.2) is 21.0 Å². The molecule has 1 aromatic carbocycles. The van der Waals surface area contributed by atoms with Gasteiger partial charge in [-0.25, -0.2) is 9.97 Å². The largest absolute Gasteiger partial charge is 0.333 e. The number of nitrogens with one attached hydrogen (secondary N) is 1. The summed E-state index contributed by atoms with van der Waals surface area (Å²) < 4.78 is 0. The maximum absolute atomic E-state index is 5.83. The lowest BCUT2D eigenvalue weighted by atomic mass is 10.1. The topological polar surface area (TPSA) is 67.6 Å². The van der Waals surface area contributed by atoms with Crippen LogP contribution in [0.2, 0.25) is 0 Å². The van der Waals surface area contributed by atoms with Crippen LogP contribution in [0.3, 0.4) is 0 Å². The molecule has 3 rings (SSSR count). The second kappa shape index (κ2) is 5.87. The normalized spacial score (nSPS) is 12.7. The zero-order valence-corrected chi connectivity index (χ0v) is 12.9. The minimum Gasteiger partial charge on any atom is -0.333 e. The van der Waals surface area contributed by atoms with Crippen molar-refractivity contribution >= 4 is 22.8 Å². The Bertz CT molecular complexity index is 731. The van der Waals surface area contributed by atoms with E-state index in [1.165, 1.54) is 5.56 Å². The highest BCUT2D eigenvalue weighted by atomic mass is 32.2. The van der Waals surface area contributed by atoms with Crippen molar-refractivity contribution in [2.45, 2.75) is 36.5 Å². The molecule has 5 heteroatoms. The third-order valence-corrected chi connectivity index (χ3v) is 4.21. The Morgan fingerprint density at radius 1 is 1.33 bits per heavy atom. The van der Waals surface area contributed by atoms with Gasteiger partial charge in [0.05, 0.1) is 11.0 Å². The van der Waals surface area contributed by atoms with Gasteiger partial charge in [0.1, 0.15) is 5.03 Å². The molecule has 4 nitrogen and oxygen atoms in total. The summed E-state index contributed by atoms with van der Waals surface area (Å²) in [4.78, 5) is 12.4. The molecule has 1 unspecified atom stereocenters. The van der Waals surface area contributed by atoms with Gasteiger partial charge in [-0.05, 0) is 55.3 Å². The van der Waals surface area contributed by atoms with Crippen molar-refractivity contribution in [3.8, 4) is 0 Å². The van der Waals surface area contributed by atoms with Crippen LogP contribution < -0.4 is 5.73 Å². The summed E-state index contributed by atoms with van der Waals surface area (Å²) in [5, 5.41) is 1.84. The van der Waals surface area contributed by atoms with Crippen molar-refractivity contribution in [1.82, 2.24) is 15.0 Å². The molecule has 21 heavy (non-hydrogen) atoms. The first kappa shape index (κ1) is 14.1. The standard InChI is InChI=1S/C16H18N4S/c1-10-7-12(8-11(2)17)9-18-15(10)21-16-19-13-5-3-4-6-14(13)20-16/h3-7,9,11H,8,17H2,1-2H3,(H,19,20). The van der Waals surface area contributed by atoms with Crippen molar-refractivity contribution in [2.24, 2.45) is 5.73 Å². The van der Waals surface area contributed by atoms with Gasteiger partial charge >= 0.3 is 0 Å². The summed E-state index contributed by atoms with van der Waals surface area (Å²) in [5.41, 5.74) is 10.2. The molecule has 0 aliphatic heterocycles. The van der Waals surface area contributed by atoms with Gasteiger partial charge in [0.15, 0.2) is 5.16 Å². The molecular formula is C16H18N4S. The third-order valence-electron chi connectivity index (χ3n) is 3.21. The van der Waals surface area contributed by atoms with Crippen molar-refractivity contribution in [3.05, 3.63) is 47.7 Å². The molecule has 0 aliphatic carbocycles. The Hall–Kier alpha value is -1.85. The van der Waals surface area contributed by atoms with Gasteiger partial charge < -0.3 is 10.7 Å². The second-order valence-electron chi connectivity index (χ2n) is 5.31. The fraction of sp³-hybridized carbons (Fsp3) is 0.250. The Labute approximate surface area is 128 Å². The van der Waals surface area contributed by atoms with Crippen LogP contribution in [0.4, 0.5) is 0 Å². The van der Waals surface area contributed by atoms with E-state index >= 15 is 0 Å². The number of pyridine rings is 1. The van der Waals surface area contributed by atoms with Gasteiger partial charge in [-0.15, -0.1) is 0 Å². The van der Waals surface area contributed by atoms with E-state index < -0.39 is 0 Å². The molecule has 0 bridgehead atoms. The third kappa shape index (κ3) is 3.25. The first-order valence-corrected chi connectivity index (χ1v) is 7.77. The number of hydrogen-bond donors (Lipinski definition) is 2. The Kier molecular flexibility index (Phi) is 3.94. The van der Waals surface area contributed by atoms with E-state index in [2.05, 4.69) is 27.9 Å². The summed E-state index contributed by atoms with van der Waals surface area (Å²) in [6.45, 7) is 4.08. The predicted molar refractivity (Wildman–Crippen MR) is 86.5 cm³/mol. The lowest BCUT2D eigenvalue weighted by Gasteiger charge is -2.08. The van der Waals surface area contributed by atoms with Gasteiger partial charge in [0.2, 0.25) is 0 Å². The van der Waals surface area contributed by atoms with E-state index in [1.54, 1.807) is 11.8 Å². The molecule has 0 spiro atoms. The molecule has 0 amide bonds. The van der Waals surface area contributed by atoms with Crippen molar-refractivity contribution in [1.29, 1.82) is 0 Å².